The van der Waals surface area contributed by atoms with Crippen LogP contribution in [0.4, 0.5) is 0 Å². The topological polar surface area (TPSA) is 84.0 Å². The standard InChI is InChI=1S/C23H36N4O3/c1-4-29-20-13-18-12-16(2)30-21(18)14-19(20)15-27-23(24-3)26-11-10-25-22(28)17-8-6-5-7-9-17/h13-14,16-17H,4-12,15H2,1-3H3,(H,25,28)(H2,24,26,27). The van der Waals surface area contributed by atoms with Gasteiger partial charge in [-0.2, -0.15) is 0 Å². The summed E-state index contributed by atoms with van der Waals surface area (Å²) in [6.45, 7) is 6.49. The van der Waals surface area contributed by atoms with E-state index in [2.05, 4.69) is 40.0 Å². The smallest absolute Gasteiger partial charge is 0.223 e. The molecule has 0 bridgehead atoms. The largest absolute Gasteiger partial charge is 0.494 e. The first kappa shape index (κ1) is 22.2. The number of guanidine groups is 1. The van der Waals surface area contributed by atoms with E-state index >= 15 is 0 Å². The van der Waals surface area contributed by atoms with Crippen LogP contribution in [0.2, 0.25) is 0 Å². The Morgan fingerprint density at radius 2 is 1.93 bits per heavy atom. The monoisotopic (exact) mass is 416 g/mol. The van der Waals surface area contributed by atoms with Crippen molar-refractivity contribution in [2.75, 3.05) is 26.7 Å². The van der Waals surface area contributed by atoms with E-state index in [-0.39, 0.29) is 17.9 Å². The molecular weight excluding hydrogens is 380 g/mol. The number of nitrogens with one attached hydrogen (secondary N) is 3. The zero-order valence-electron chi connectivity index (χ0n) is 18.6. The molecule has 3 N–H and O–H groups in total. The Hall–Kier alpha value is -2.44. The first-order valence-corrected chi connectivity index (χ1v) is 11.3. The second-order valence-corrected chi connectivity index (χ2v) is 8.11. The second kappa shape index (κ2) is 11.1. The molecule has 1 aliphatic carbocycles. The fourth-order valence-electron chi connectivity index (χ4n) is 4.18. The van der Waals surface area contributed by atoms with E-state index in [1.54, 1.807) is 7.05 Å². The number of aliphatic imine (C=N–C) groups is 1. The van der Waals surface area contributed by atoms with Crippen LogP contribution < -0.4 is 25.4 Å². The molecule has 30 heavy (non-hydrogen) atoms. The fraction of sp³-hybridized carbons (Fsp3) is 0.652. The van der Waals surface area contributed by atoms with Gasteiger partial charge in [0, 0.05) is 50.1 Å². The third kappa shape index (κ3) is 6.03. The average Bonchev–Trinajstić information content (AvgIpc) is 3.12. The van der Waals surface area contributed by atoms with E-state index in [1.165, 1.54) is 24.8 Å². The van der Waals surface area contributed by atoms with Gasteiger partial charge in [-0.1, -0.05) is 19.3 Å². The number of fused-ring (bicyclic) bond motifs is 1. The van der Waals surface area contributed by atoms with Crippen molar-refractivity contribution in [3.05, 3.63) is 23.3 Å². The number of benzene rings is 1. The molecule has 3 rings (SSSR count). The summed E-state index contributed by atoms with van der Waals surface area (Å²) in [5, 5.41) is 9.63. The molecule has 1 aliphatic heterocycles. The number of rotatable bonds is 8. The molecule has 1 aromatic carbocycles. The highest BCUT2D eigenvalue weighted by Crippen LogP contribution is 2.35. The van der Waals surface area contributed by atoms with Gasteiger partial charge in [-0.05, 0) is 38.8 Å². The van der Waals surface area contributed by atoms with Crippen LogP contribution in [0.5, 0.6) is 11.5 Å². The van der Waals surface area contributed by atoms with Gasteiger partial charge in [0.2, 0.25) is 5.91 Å². The van der Waals surface area contributed by atoms with Crippen molar-refractivity contribution in [2.24, 2.45) is 10.9 Å². The maximum Gasteiger partial charge on any atom is 0.223 e. The molecule has 0 aromatic heterocycles. The Morgan fingerprint density at radius 1 is 1.17 bits per heavy atom. The Kier molecular flexibility index (Phi) is 8.22. The van der Waals surface area contributed by atoms with Crippen molar-refractivity contribution in [1.82, 2.24) is 16.0 Å². The van der Waals surface area contributed by atoms with E-state index in [1.807, 2.05) is 6.92 Å². The number of amides is 1. The summed E-state index contributed by atoms with van der Waals surface area (Å²) in [6.07, 6.45) is 6.76. The SMILES string of the molecule is CCOc1cc2c(cc1CNC(=NC)NCCNC(=O)C1CCCCC1)OC(C)C2. The van der Waals surface area contributed by atoms with Gasteiger partial charge in [0.25, 0.3) is 0 Å². The van der Waals surface area contributed by atoms with Crippen LogP contribution in [-0.2, 0) is 17.8 Å². The molecule has 2 aliphatic rings. The number of hydrogen-bond donors (Lipinski definition) is 3. The predicted molar refractivity (Wildman–Crippen MR) is 119 cm³/mol. The number of carbonyl (C=O) groups excluding carboxylic acids is 1. The lowest BCUT2D eigenvalue weighted by molar-refractivity contribution is -0.125. The third-order valence-electron chi connectivity index (χ3n) is 5.74. The van der Waals surface area contributed by atoms with Gasteiger partial charge >= 0.3 is 0 Å². The minimum absolute atomic E-state index is 0.188. The normalized spacial score (nSPS) is 19.0. The van der Waals surface area contributed by atoms with Gasteiger partial charge in [0.1, 0.15) is 17.6 Å². The van der Waals surface area contributed by atoms with Crippen molar-refractivity contribution >= 4 is 11.9 Å². The Labute approximate surface area is 180 Å². The van der Waals surface area contributed by atoms with E-state index in [9.17, 15) is 4.79 Å². The summed E-state index contributed by atoms with van der Waals surface area (Å²) < 4.78 is 11.7. The maximum absolute atomic E-state index is 12.2. The fourth-order valence-corrected chi connectivity index (χ4v) is 4.18. The first-order valence-electron chi connectivity index (χ1n) is 11.3. The summed E-state index contributed by atoms with van der Waals surface area (Å²) in [5.41, 5.74) is 2.24. The van der Waals surface area contributed by atoms with Crippen LogP contribution >= 0.6 is 0 Å². The summed E-state index contributed by atoms with van der Waals surface area (Å²) in [5.74, 6) is 2.90. The summed E-state index contributed by atoms with van der Waals surface area (Å²) in [4.78, 5) is 16.5. The van der Waals surface area contributed by atoms with Gasteiger partial charge in [0.15, 0.2) is 5.96 Å². The zero-order chi connectivity index (χ0) is 21.3. The van der Waals surface area contributed by atoms with Gasteiger partial charge < -0.3 is 25.4 Å². The van der Waals surface area contributed by atoms with Gasteiger partial charge in [0.05, 0.1) is 6.61 Å². The number of carbonyl (C=O) groups is 1. The van der Waals surface area contributed by atoms with Crippen molar-refractivity contribution in [1.29, 1.82) is 0 Å². The molecule has 166 valence electrons. The Bertz CT molecular complexity index is 744. The minimum Gasteiger partial charge on any atom is -0.494 e. The molecule has 7 heteroatoms. The molecule has 0 radical (unpaired) electrons. The van der Waals surface area contributed by atoms with E-state index in [0.29, 0.717) is 32.2 Å². The van der Waals surface area contributed by atoms with Crippen LogP contribution in [0.15, 0.2) is 17.1 Å². The van der Waals surface area contributed by atoms with Crippen molar-refractivity contribution in [3.63, 3.8) is 0 Å². The maximum atomic E-state index is 12.2. The van der Waals surface area contributed by atoms with Gasteiger partial charge in [-0.25, -0.2) is 0 Å². The van der Waals surface area contributed by atoms with Crippen molar-refractivity contribution in [3.8, 4) is 11.5 Å². The van der Waals surface area contributed by atoms with Crippen LogP contribution in [-0.4, -0.2) is 44.7 Å². The number of hydrogen-bond acceptors (Lipinski definition) is 4. The number of ether oxygens (including phenoxy) is 2. The third-order valence-corrected chi connectivity index (χ3v) is 5.74. The van der Waals surface area contributed by atoms with Crippen LogP contribution in [0.3, 0.4) is 0 Å². The van der Waals surface area contributed by atoms with Crippen molar-refractivity contribution in [2.45, 2.75) is 65.0 Å². The average molecular weight is 417 g/mol. The molecule has 0 spiro atoms. The summed E-state index contributed by atoms with van der Waals surface area (Å²) in [7, 11) is 1.74. The molecule has 1 atom stereocenters. The van der Waals surface area contributed by atoms with Crippen molar-refractivity contribution < 1.29 is 14.3 Å². The molecule has 0 saturated heterocycles. The minimum atomic E-state index is 0.188. The van der Waals surface area contributed by atoms with Gasteiger partial charge in [-0.3, -0.25) is 9.79 Å². The van der Waals surface area contributed by atoms with Crippen LogP contribution in [0.1, 0.15) is 57.1 Å². The highest BCUT2D eigenvalue weighted by atomic mass is 16.5. The molecule has 1 saturated carbocycles. The van der Waals surface area contributed by atoms with Crippen LogP contribution in [0.25, 0.3) is 0 Å². The zero-order valence-corrected chi connectivity index (χ0v) is 18.6. The lowest BCUT2D eigenvalue weighted by atomic mass is 9.89. The quantitative estimate of drug-likeness (QED) is 0.345. The Morgan fingerprint density at radius 3 is 2.67 bits per heavy atom. The second-order valence-electron chi connectivity index (χ2n) is 8.11. The molecule has 7 nitrogen and oxygen atoms in total. The molecular formula is C23H36N4O3. The molecule has 1 heterocycles. The summed E-state index contributed by atoms with van der Waals surface area (Å²) >= 11 is 0. The molecule has 1 fully saturated rings. The lowest BCUT2D eigenvalue weighted by Gasteiger charge is -2.21. The highest BCUT2D eigenvalue weighted by molar-refractivity contribution is 5.80. The van der Waals surface area contributed by atoms with E-state index in [4.69, 9.17) is 9.47 Å². The Balaban J connectivity index is 1.46. The predicted octanol–water partition coefficient (Wildman–Crippen LogP) is 2.77. The van der Waals surface area contributed by atoms with Gasteiger partial charge in [-0.15, -0.1) is 0 Å². The lowest BCUT2D eigenvalue weighted by Crippen LogP contribution is -2.42. The summed E-state index contributed by atoms with van der Waals surface area (Å²) in [6, 6.07) is 4.16. The molecule has 1 unspecified atom stereocenters. The first-order chi connectivity index (χ1) is 14.6. The number of nitrogens with zero attached hydrogens (tertiary/aromatic N) is 1. The van der Waals surface area contributed by atoms with Crippen LogP contribution in [0, 0.1) is 5.92 Å². The molecule has 1 amide bonds. The van der Waals surface area contributed by atoms with E-state index in [0.717, 1.165) is 36.3 Å². The van der Waals surface area contributed by atoms with E-state index < -0.39 is 0 Å². The molecule has 1 aromatic rings. The highest BCUT2D eigenvalue weighted by Gasteiger charge is 2.22.